The van der Waals surface area contributed by atoms with Crippen LogP contribution in [-0.2, 0) is 12.8 Å². The van der Waals surface area contributed by atoms with Crippen molar-refractivity contribution in [2.24, 2.45) is 5.41 Å². The molecule has 164 valence electrons. The van der Waals surface area contributed by atoms with Gasteiger partial charge in [0.1, 0.15) is 17.8 Å². The van der Waals surface area contributed by atoms with E-state index in [1.165, 1.54) is 6.07 Å². The molecule has 0 bridgehead atoms. The number of carbonyl (C=O) groups excluding carboxylic acids is 2. The minimum Gasteiger partial charge on any atom is -0.488 e. The molecule has 1 aliphatic carbocycles. The maximum Gasteiger partial charge on any atom is 0.261 e. The SMILES string of the molecule is CC1(C)CC(=O)c2cc(C(=O)NCCOc3cccc4c3OC(C)(C)C4)c(=O)[nH]c2C1. The van der Waals surface area contributed by atoms with Gasteiger partial charge in [0, 0.05) is 29.7 Å². The molecule has 1 aliphatic heterocycles. The lowest BCUT2D eigenvalue weighted by atomic mass is 9.75. The van der Waals surface area contributed by atoms with Gasteiger partial charge in [-0.2, -0.15) is 0 Å². The molecular formula is C24H28N2O5. The van der Waals surface area contributed by atoms with Crippen molar-refractivity contribution in [1.82, 2.24) is 10.3 Å². The predicted octanol–water partition coefficient (Wildman–Crippen LogP) is 3.05. The molecule has 2 N–H and O–H groups in total. The maximum absolute atomic E-state index is 12.5. The summed E-state index contributed by atoms with van der Waals surface area (Å²) >= 11 is 0. The zero-order chi connectivity index (χ0) is 22.4. The summed E-state index contributed by atoms with van der Waals surface area (Å²) in [5.41, 5.74) is 1.12. The summed E-state index contributed by atoms with van der Waals surface area (Å²) in [4.78, 5) is 40.2. The van der Waals surface area contributed by atoms with E-state index in [0.29, 0.717) is 29.8 Å². The lowest BCUT2D eigenvalue weighted by Crippen LogP contribution is -2.36. The fourth-order valence-corrected chi connectivity index (χ4v) is 4.32. The van der Waals surface area contributed by atoms with Crippen molar-refractivity contribution in [1.29, 1.82) is 0 Å². The Morgan fingerprint density at radius 1 is 1.16 bits per heavy atom. The van der Waals surface area contributed by atoms with E-state index in [1.54, 1.807) is 0 Å². The molecule has 0 spiro atoms. The quantitative estimate of drug-likeness (QED) is 0.719. The average Bonchev–Trinajstić information content (AvgIpc) is 2.98. The topological polar surface area (TPSA) is 97.5 Å². The van der Waals surface area contributed by atoms with Gasteiger partial charge in [0.25, 0.3) is 11.5 Å². The average molecular weight is 424 g/mol. The van der Waals surface area contributed by atoms with Crippen LogP contribution in [0.25, 0.3) is 0 Å². The number of aromatic nitrogens is 1. The Balaban J connectivity index is 1.39. The first-order valence-electron chi connectivity index (χ1n) is 10.6. The third-order valence-corrected chi connectivity index (χ3v) is 5.66. The maximum atomic E-state index is 12.5. The molecule has 0 saturated carbocycles. The lowest BCUT2D eigenvalue weighted by Gasteiger charge is -2.29. The zero-order valence-electron chi connectivity index (χ0n) is 18.4. The minimum atomic E-state index is -0.527. The fraction of sp³-hybridized carbons (Fsp3) is 0.458. The second-order valence-corrected chi connectivity index (χ2v) is 9.73. The second-order valence-electron chi connectivity index (χ2n) is 9.73. The van der Waals surface area contributed by atoms with E-state index in [9.17, 15) is 14.4 Å². The van der Waals surface area contributed by atoms with Gasteiger partial charge in [-0.15, -0.1) is 0 Å². The highest BCUT2D eigenvalue weighted by molar-refractivity contribution is 6.02. The summed E-state index contributed by atoms with van der Waals surface area (Å²) < 4.78 is 11.8. The van der Waals surface area contributed by atoms with Crippen LogP contribution in [0.15, 0.2) is 29.1 Å². The summed E-state index contributed by atoms with van der Waals surface area (Å²) in [6.45, 7) is 8.46. The number of pyridine rings is 1. The molecule has 0 unspecified atom stereocenters. The number of ether oxygens (including phenoxy) is 2. The Morgan fingerprint density at radius 3 is 2.71 bits per heavy atom. The molecule has 0 radical (unpaired) electrons. The Morgan fingerprint density at radius 2 is 1.94 bits per heavy atom. The number of amides is 1. The predicted molar refractivity (Wildman–Crippen MR) is 116 cm³/mol. The van der Waals surface area contributed by atoms with Crippen molar-refractivity contribution in [3.05, 3.63) is 57.0 Å². The van der Waals surface area contributed by atoms with Gasteiger partial charge < -0.3 is 19.8 Å². The van der Waals surface area contributed by atoms with Gasteiger partial charge in [0.15, 0.2) is 17.3 Å². The highest BCUT2D eigenvalue weighted by atomic mass is 16.5. The summed E-state index contributed by atoms with van der Waals surface area (Å²) in [5, 5.41) is 2.70. The number of hydrogen-bond acceptors (Lipinski definition) is 5. The van der Waals surface area contributed by atoms with E-state index < -0.39 is 11.5 Å². The van der Waals surface area contributed by atoms with Crippen molar-refractivity contribution < 1.29 is 19.1 Å². The van der Waals surface area contributed by atoms with E-state index in [-0.39, 0.29) is 35.5 Å². The molecule has 4 rings (SSSR count). The molecule has 7 nitrogen and oxygen atoms in total. The first-order valence-corrected chi connectivity index (χ1v) is 10.6. The number of H-pyrrole nitrogens is 1. The van der Waals surface area contributed by atoms with Crippen LogP contribution in [0.2, 0.25) is 0 Å². The molecule has 0 atom stereocenters. The lowest BCUT2D eigenvalue weighted by molar-refractivity contribution is 0.0910. The molecule has 2 heterocycles. The van der Waals surface area contributed by atoms with Crippen molar-refractivity contribution in [3.63, 3.8) is 0 Å². The number of nitrogens with one attached hydrogen (secondary N) is 2. The fourth-order valence-electron chi connectivity index (χ4n) is 4.32. The van der Waals surface area contributed by atoms with Gasteiger partial charge in [-0.1, -0.05) is 26.0 Å². The van der Waals surface area contributed by atoms with Crippen LogP contribution in [-0.4, -0.2) is 35.4 Å². The number of carbonyl (C=O) groups is 2. The second kappa shape index (κ2) is 7.55. The van der Waals surface area contributed by atoms with Gasteiger partial charge in [-0.05, 0) is 37.8 Å². The molecule has 2 aliphatic rings. The monoisotopic (exact) mass is 424 g/mol. The Kier molecular flexibility index (Phi) is 5.15. The van der Waals surface area contributed by atoms with Gasteiger partial charge in [-0.25, -0.2) is 0 Å². The van der Waals surface area contributed by atoms with Crippen LogP contribution in [0, 0.1) is 5.41 Å². The van der Waals surface area contributed by atoms with Crippen molar-refractivity contribution >= 4 is 11.7 Å². The molecular weight excluding hydrogens is 396 g/mol. The molecule has 0 saturated heterocycles. The van der Waals surface area contributed by atoms with Gasteiger partial charge >= 0.3 is 0 Å². The third kappa shape index (κ3) is 4.36. The van der Waals surface area contributed by atoms with Crippen LogP contribution in [0.5, 0.6) is 11.5 Å². The summed E-state index contributed by atoms with van der Waals surface area (Å²) in [7, 11) is 0. The number of rotatable bonds is 5. The number of hydrogen-bond donors (Lipinski definition) is 2. The molecule has 7 heteroatoms. The van der Waals surface area contributed by atoms with Crippen molar-refractivity contribution in [2.75, 3.05) is 13.2 Å². The number of para-hydroxylation sites is 1. The molecule has 0 fully saturated rings. The van der Waals surface area contributed by atoms with E-state index >= 15 is 0 Å². The van der Waals surface area contributed by atoms with Crippen LogP contribution < -0.4 is 20.3 Å². The number of benzene rings is 1. The van der Waals surface area contributed by atoms with Crippen molar-refractivity contribution in [2.45, 2.75) is 52.6 Å². The first-order chi connectivity index (χ1) is 14.5. The van der Waals surface area contributed by atoms with E-state index in [1.807, 2.05) is 45.9 Å². The van der Waals surface area contributed by atoms with Gasteiger partial charge in [-0.3, -0.25) is 14.4 Å². The molecule has 1 aromatic carbocycles. The van der Waals surface area contributed by atoms with E-state index in [0.717, 1.165) is 17.7 Å². The van der Waals surface area contributed by atoms with E-state index in [2.05, 4.69) is 10.3 Å². The summed E-state index contributed by atoms with van der Waals surface area (Å²) in [5.74, 6) is 0.797. The van der Waals surface area contributed by atoms with Crippen LogP contribution in [0.1, 0.15) is 66.1 Å². The number of aromatic amines is 1. The molecule has 31 heavy (non-hydrogen) atoms. The van der Waals surface area contributed by atoms with Gasteiger partial charge in [0.2, 0.25) is 0 Å². The standard InChI is InChI=1S/C24H28N2O5/c1-23(2)12-17-15(18(27)13-23)10-16(22(29)26-17)21(28)25-8-9-30-19-7-5-6-14-11-24(3,4)31-20(14)19/h5-7,10H,8-9,11-13H2,1-4H3,(H,25,28)(H,26,29). The molecule has 2 aromatic rings. The normalized spacial score (nSPS) is 18.0. The first kappa shape index (κ1) is 21.2. The summed E-state index contributed by atoms with van der Waals surface area (Å²) in [6, 6.07) is 7.19. The molecule has 1 aromatic heterocycles. The van der Waals surface area contributed by atoms with Crippen LogP contribution in [0.3, 0.4) is 0 Å². The Labute approximate surface area is 181 Å². The molecule has 1 amide bonds. The summed E-state index contributed by atoms with van der Waals surface area (Å²) in [6.07, 6.45) is 1.80. The smallest absolute Gasteiger partial charge is 0.261 e. The third-order valence-electron chi connectivity index (χ3n) is 5.66. The highest BCUT2D eigenvalue weighted by Gasteiger charge is 2.33. The largest absolute Gasteiger partial charge is 0.488 e. The Hall–Kier alpha value is -3.09. The number of fused-ring (bicyclic) bond motifs is 2. The Bertz CT molecular complexity index is 1110. The van der Waals surface area contributed by atoms with Crippen LogP contribution >= 0.6 is 0 Å². The highest BCUT2D eigenvalue weighted by Crippen LogP contribution is 2.41. The minimum absolute atomic E-state index is 0.0549. The van der Waals surface area contributed by atoms with E-state index in [4.69, 9.17) is 9.47 Å². The zero-order valence-corrected chi connectivity index (χ0v) is 18.4. The van der Waals surface area contributed by atoms with Crippen LogP contribution in [0.4, 0.5) is 0 Å². The van der Waals surface area contributed by atoms with Gasteiger partial charge in [0.05, 0.1) is 6.54 Å². The number of ketones is 1. The number of Topliss-reactive ketones (excluding diaryl/α,β-unsaturated/α-hetero) is 1. The van der Waals surface area contributed by atoms with Crippen molar-refractivity contribution in [3.8, 4) is 11.5 Å².